The molecule has 0 saturated heterocycles. The number of fused-ring (bicyclic) bond motifs is 2. The molecule has 9 heteroatoms. The highest BCUT2D eigenvalue weighted by molar-refractivity contribution is 5.81. The summed E-state index contributed by atoms with van der Waals surface area (Å²) in [4.78, 5) is 19.9. The fourth-order valence-electron chi connectivity index (χ4n) is 3.71. The second-order valence-electron chi connectivity index (χ2n) is 6.60. The number of halogens is 1. The van der Waals surface area contributed by atoms with Crippen molar-refractivity contribution in [3.05, 3.63) is 36.6 Å². The number of anilines is 3. The smallest absolute Gasteiger partial charge is 0.229 e. The number of carbonyl (C=O) groups excluding carboxylic acids is 1. The van der Waals surface area contributed by atoms with Crippen LogP contribution in [0.5, 0.6) is 0 Å². The maximum absolute atomic E-state index is 14.2. The van der Waals surface area contributed by atoms with Gasteiger partial charge in [-0.1, -0.05) is 12.2 Å². The number of carbonyl (C=O) groups is 1. The number of rotatable bonds is 5. The fourth-order valence-corrected chi connectivity index (χ4v) is 3.71. The molecule has 0 radical (unpaired) electrons. The molecular formula is C16H18FN7O. The number of nitrogens with zero attached hydrogens (tertiary/aromatic N) is 4. The Kier molecular flexibility index (Phi) is 3.45. The van der Waals surface area contributed by atoms with E-state index < -0.39 is 11.4 Å². The van der Waals surface area contributed by atoms with Crippen molar-refractivity contribution in [3.8, 4) is 0 Å². The summed E-state index contributed by atoms with van der Waals surface area (Å²) >= 11 is 0. The predicted molar refractivity (Wildman–Crippen MR) is 89.4 cm³/mol. The molecular weight excluding hydrogens is 325 g/mol. The maximum Gasteiger partial charge on any atom is 0.229 e. The van der Waals surface area contributed by atoms with E-state index in [9.17, 15) is 9.18 Å². The summed E-state index contributed by atoms with van der Waals surface area (Å²) in [5, 5.41) is 10.1. The number of aromatic nitrogens is 4. The summed E-state index contributed by atoms with van der Waals surface area (Å²) in [6.07, 6.45) is 9.79. The van der Waals surface area contributed by atoms with Gasteiger partial charge in [0.2, 0.25) is 11.9 Å². The van der Waals surface area contributed by atoms with Crippen LogP contribution in [0.1, 0.15) is 12.8 Å². The van der Waals surface area contributed by atoms with Crippen molar-refractivity contribution < 1.29 is 9.18 Å². The number of allylic oxidation sites excluding steroid dienone is 1. The molecule has 2 bridgehead atoms. The third-order valence-electron chi connectivity index (χ3n) is 4.83. The monoisotopic (exact) mass is 343 g/mol. The zero-order chi connectivity index (χ0) is 17.6. The van der Waals surface area contributed by atoms with E-state index in [-0.39, 0.29) is 29.5 Å². The first-order valence-corrected chi connectivity index (χ1v) is 8.00. The largest absolute Gasteiger partial charge is 0.369 e. The standard InChI is InChI=1S/C16H18FN7O/c1-24-8-10(6-20-24)21-15-19-7-12(17)14(22-15)23-16-3-2-9(5-16)4-11(16)13(18)25/h2-3,6-9,11H,4-5H2,1H3,(H2,18,25)(H2,19,21,22,23). The van der Waals surface area contributed by atoms with Gasteiger partial charge in [-0.3, -0.25) is 9.48 Å². The summed E-state index contributed by atoms with van der Waals surface area (Å²) in [5.41, 5.74) is 5.54. The normalized spacial score (nSPS) is 26.8. The first-order chi connectivity index (χ1) is 11.9. The highest BCUT2D eigenvalue weighted by Crippen LogP contribution is 2.48. The molecule has 4 rings (SSSR count). The van der Waals surface area contributed by atoms with E-state index in [4.69, 9.17) is 5.73 Å². The van der Waals surface area contributed by atoms with Crippen molar-refractivity contribution in [2.75, 3.05) is 10.6 Å². The molecule has 1 saturated carbocycles. The van der Waals surface area contributed by atoms with Crippen LogP contribution in [0.3, 0.4) is 0 Å². The Labute approximate surface area is 143 Å². The molecule has 2 aromatic rings. The Morgan fingerprint density at radius 2 is 2.32 bits per heavy atom. The Hall–Kier alpha value is -2.97. The summed E-state index contributed by atoms with van der Waals surface area (Å²) < 4.78 is 15.9. The second kappa shape index (κ2) is 5.54. The number of primary amides is 1. The molecule has 2 heterocycles. The van der Waals surface area contributed by atoms with Crippen molar-refractivity contribution in [1.29, 1.82) is 0 Å². The van der Waals surface area contributed by atoms with Gasteiger partial charge < -0.3 is 16.4 Å². The first kappa shape index (κ1) is 15.6. The molecule has 1 fully saturated rings. The molecule has 25 heavy (non-hydrogen) atoms. The van der Waals surface area contributed by atoms with Crippen molar-refractivity contribution in [1.82, 2.24) is 19.7 Å². The molecule has 2 aliphatic carbocycles. The Morgan fingerprint density at radius 1 is 1.48 bits per heavy atom. The highest BCUT2D eigenvalue weighted by atomic mass is 19.1. The van der Waals surface area contributed by atoms with Gasteiger partial charge >= 0.3 is 0 Å². The van der Waals surface area contributed by atoms with Crippen LogP contribution in [0.2, 0.25) is 0 Å². The summed E-state index contributed by atoms with van der Waals surface area (Å²) in [5.74, 6) is -0.796. The van der Waals surface area contributed by atoms with Gasteiger partial charge in [-0.25, -0.2) is 9.37 Å². The van der Waals surface area contributed by atoms with Gasteiger partial charge in [0, 0.05) is 13.2 Å². The zero-order valence-electron chi connectivity index (χ0n) is 13.6. The fraction of sp³-hybridized carbons (Fsp3) is 0.375. The lowest BCUT2D eigenvalue weighted by molar-refractivity contribution is -0.122. The summed E-state index contributed by atoms with van der Waals surface area (Å²) in [7, 11) is 1.79. The Morgan fingerprint density at radius 3 is 3.00 bits per heavy atom. The Balaban J connectivity index is 1.61. The van der Waals surface area contributed by atoms with E-state index in [1.165, 1.54) is 0 Å². The second-order valence-corrected chi connectivity index (χ2v) is 6.60. The van der Waals surface area contributed by atoms with Crippen LogP contribution >= 0.6 is 0 Å². The number of hydrogen-bond donors (Lipinski definition) is 3. The maximum atomic E-state index is 14.2. The zero-order valence-corrected chi connectivity index (χ0v) is 13.6. The SMILES string of the molecule is Cn1cc(Nc2ncc(F)c(NC34C=CC(CC3C(N)=O)C4)n2)cn1. The van der Waals surface area contributed by atoms with E-state index in [0.717, 1.165) is 6.20 Å². The molecule has 130 valence electrons. The average Bonchev–Trinajstić information content (AvgIpc) is 3.25. The number of nitrogens with two attached hydrogens (primary N) is 1. The van der Waals surface area contributed by atoms with E-state index >= 15 is 0 Å². The van der Waals surface area contributed by atoms with E-state index in [1.54, 1.807) is 24.1 Å². The number of nitrogens with one attached hydrogen (secondary N) is 2. The minimum atomic E-state index is -0.683. The molecule has 0 aliphatic heterocycles. The van der Waals surface area contributed by atoms with Crippen molar-refractivity contribution in [3.63, 3.8) is 0 Å². The number of amides is 1. The molecule has 3 unspecified atom stereocenters. The molecule has 1 amide bonds. The summed E-state index contributed by atoms with van der Waals surface area (Å²) in [6, 6.07) is 0. The summed E-state index contributed by atoms with van der Waals surface area (Å²) in [6.45, 7) is 0. The lowest BCUT2D eigenvalue weighted by Crippen LogP contribution is -2.46. The van der Waals surface area contributed by atoms with Gasteiger partial charge in [0.05, 0.1) is 29.5 Å². The van der Waals surface area contributed by atoms with Crippen LogP contribution < -0.4 is 16.4 Å². The minimum absolute atomic E-state index is 0.0415. The van der Waals surface area contributed by atoms with Crippen molar-refractivity contribution in [2.24, 2.45) is 24.6 Å². The first-order valence-electron chi connectivity index (χ1n) is 8.00. The van der Waals surface area contributed by atoms with Gasteiger partial charge in [0.1, 0.15) is 0 Å². The van der Waals surface area contributed by atoms with E-state index in [2.05, 4.69) is 25.7 Å². The molecule has 4 N–H and O–H groups in total. The van der Waals surface area contributed by atoms with Gasteiger partial charge in [-0.05, 0) is 18.8 Å². The third kappa shape index (κ3) is 2.71. The quantitative estimate of drug-likeness (QED) is 0.706. The van der Waals surface area contributed by atoms with Crippen LogP contribution in [0.15, 0.2) is 30.7 Å². The van der Waals surface area contributed by atoms with Gasteiger partial charge in [-0.2, -0.15) is 10.1 Å². The lowest BCUT2D eigenvalue weighted by atomic mass is 9.85. The molecule has 2 aliphatic rings. The minimum Gasteiger partial charge on any atom is -0.369 e. The number of hydrogen-bond acceptors (Lipinski definition) is 6. The van der Waals surface area contributed by atoms with E-state index in [1.807, 2.05) is 12.2 Å². The van der Waals surface area contributed by atoms with Crippen molar-refractivity contribution in [2.45, 2.75) is 18.4 Å². The Bertz CT molecular complexity index is 864. The van der Waals surface area contributed by atoms with Gasteiger partial charge in [-0.15, -0.1) is 0 Å². The molecule has 3 atom stereocenters. The van der Waals surface area contributed by atoms with Crippen molar-refractivity contribution >= 4 is 23.4 Å². The lowest BCUT2D eigenvalue weighted by Gasteiger charge is -2.32. The molecule has 0 aromatic carbocycles. The average molecular weight is 343 g/mol. The molecule has 8 nitrogen and oxygen atoms in total. The predicted octanol–water partition coefficient (Wildman–Crippen LogP) is 1.32. The van der Waals surface area contributed by atoms with Crippen LogP contribution in [0.25, 0.3) is 0 Å². The molecule has 2 aromatic heterocycles. The number of aryl methyl sites for hydroxylation is 1. The topological polar surface area (TPSA) is 111 Å². The molecule has 0 spiro atoms. The van der Waals surface area contributed by atoms with Gasteiger partial charge in [0.15, 0.2) is 11.6 Å². The van der Waals surface area contributed by atoms with E-state index in [0.29, 0.717) is 18.5 Å². The van der Waals surface area contributed by atoms with Crippen LogP contribution in [0, 0.1) is 17.7 Å². The van der Waals surface area contributed by atoms with Crippen LogP contribution in [-0.4, -0.2) is 31.2 Å². The van der Waals surface area contributed by atoms with Crippen LogP contribution in [0.4, 0.5) is 21.8 Å². The highest BCUT2D eigenvalue weighted by Gasteiger charge is 2.51. The van der Waals surface area contributed by atoms with Crippen LogP contribution in [-0.2, 0) is 11.8 Å². The third-order valence-corrected chi connectivity index (χ3v) is 4.83. The van der Waals surface area contributed by atoms with Gasteiger partial charge in [0.25, 0.3) is 0 Å².